The third kappa shape index (κ3) is 6.49. The maximum atomic E-state index is 12.3. The highest BCUT2D eigenvalue weighted by Gasteiger charge is 2.32. The van der Waals surface area contributed by atoms with Crippen LogP contribution in [0.15, 0.2) is 0 Å². The molecule has 144 valence electrons. The van der Waals surface area contributed by atoms with Crippen LogP contribution in [-0.2, 0) is 19.4 Å². The van der Waals surface area contributed by atoms with Crippen molar-refractivity contribution in [1.29, 1.82) is 0 Å². The molecule has 0 aromatic heterocycles. The first-order valence-electron chi connectivity index (χ1n) is 9.02. The Hall–Kier alpha value is -1.31. The fourth-order valence-corrected chi connectivity index (χ4v) is 5.23. The zero-order chi connectivity index (χ0) is 18.7. The number of carbonyl (C=O) groups is 2. The fraction of sp³-hybridized carbons (Fsp3) is 0.882. The van der Waals surface area contributed by atoms with Gasteiger partial charge in [-0.1, -0.05) is 0 Å². The number of hydrogen-bond acceptors (Lipinski definition) is 5. The van der Waals surface area contributed by atoms with Gasteiger partial charge in [-0.2, -0.15) is 0 Å². The van der Waals surface area contributed by atoms with Gasteiger partial charge in [0.2, 0.25) is 5.91 Å². The number of likely N-dealkylation sites (tertiary alicyclic amines) is 1. The van der Waals surface area contributed by atoms with Crippen LogP contribution < -0.4 is 5.32 Å². The topological polar surface area (TPSA) is 92.8 Å². The fourth-order valence-electron chi connectivity index (χ4n) is 3.37. The van der Waals surface area contributed by atoms with Crippen molar-refractivity contribution in [3.63, 3.8) is 0 Å². The normalized spacial score (nSPS) is 26.3. The summed E-state index contributed by atoms with van der Waals surface area (Å²) in [6.45, 7) is 6.53. The number of carbonyl (C=O) groups excluding carboxylic acids is 2. The van der Waals surface area contributed by atoms with Crippen LogP contribution in [0.5, 0.6) is 0 Å². The second kappa shape index (κ2) is 7.93. The van der Waals surface area contributed by atoms with Gasteiger partial charge in [-0.3, -0.25) is 4.79 Å². The van der Waals surface area contributed by atoms with Crippen LogP contribution in [0.2, 0.25) is 0 Å². The number of rotatable bonds is 4. The Bertz CT molecular complexity index is 597. The largest absolute Gasteiger partial charge is 0.444 e. The lowest BCUT2D eigenvalue weighted by Crippen LogP contribution is -2.50. The molecule has 0 spiro atoms. The summed E-state index contributed by atoms with van der Waals surface area (Å²) < 4.78 is 28.4. The molecular weight excluding hydrogens is 344 g/mol. The van der Waals surface area contributed by atoms with Crippen LogP contribution in [0.25, 0.3) is 0 Å². The summed E-state index contributed by atoms with van der Waals surface area (Å²) in [7, 11) is -2.96. The summed E-state index contributed by atoms with van der Waals surface area (Å²) in [5, 5.41) is 2.87. The predicted octanol–water partition coefficient (Wildman–Crippen LogP) is 1.72. The molecule has 0 bridgehead atoms. The lowest BCUT2D eigenvalue weighted by molar-refractivity contribution is -0.122. The van der Waals surface area contributed by atoms with E-state index in [1.165, 1.54) is 0 Å². The van der Waals surface area contributed by atoms with Gasteiger partial charge in [-0.25, -0.2) is 13.2 Å². The maximum absolute atomic E-state index is 12.3. The standard InChI is InChI=1S/C17H30N2O5S/c1-17(2,3)24-16(21)19-8-5-4-6-14(19)11-18-15(20)10-13-7-9-25(22,23)12-13/h13-14H,4-12H2,1-3H3,(H,18,20)/t13-,14-/m1/s1. The number of sulfone groups is 1. The van der Waals surface area contributed by atoms with Gasteiger partial charge in [0.1, 0.15) is 5.60 Å². The molecule has 0 saturated carbocycles. The Labute approximate surface area is 150 Å². The van der Waals surface area contributed by atoms with E-state index in [9.17, 15) is 18.0 Å². The second-order valence-electron chi connectivity index (χ2n) is 8.10. The number of amides is 2. The molecular formula is C17H30N2O5S. The Morgan fingerprint density at radius 3 is 2.52 bits per heavy atom. The van der Waals surface area contributed by atoms with E-state index in [0.717, 1.165) is 19.3 Å². The van der Waals surface area contributed by atoms with Crippen molar-refractivity contribution < 1.29 is 22.7 Å². The number of nitrogens with one attached hydrogen (secondary N) is 1. The SMILES string of the molecule is CC(C)(C)OC(=O)N1CCCC[C@@H]1CNC(=O)C[C@H]1CCS(=O)(=O)C1. The summed E-state index contributed by atoms with van der Waals surface area (Å²) >= 11 is 0. The minimum Gasteiger partial charge on any atom is -0.444 e. The summed E-state index contributed by atoms with van der Waals surface area (Å²) in [5.74, 6) is 0.0589. The molecule has 2 fully saturated rings. The molecule has 0 unspecified atom stereocenters. The predicted molar refractivity (Wildman–Crippen MR) is 95.0 cm³/mol. The third-order valence-corrected chi connectivity index (χ3v) is 6.43. The molecule has 2 rings (SSSR count). The number of hydrogen-bond donors (Lipinski definition) is 1. The number of nitrogens with zero attached hydrogens (tertiary/aromatic N) is 1. The van der Waals surface area contributed by atoms with E-state index < -0.39 is 15.4 Å². The first-order chi connectivity index (χ1) is 11.6. The summed E-state index contributed by atoms with van der Waals surface area (Å²) in [4.78, 5) is 26.2. The molecule has 25 heavy (non-hydrogen) atoms. The molecule has 2 amide bonds. The van der Waals surface area contributed by atoms with Crippen LogP contribution in [0.1, 0.15) is 52.9 Å². The molecule has 0 aliphatic carbocycles. The van der Waals surface area contributed by atoms with Gasteiger partial charge >= 0.3 is 6.09 Å². The van der Waals surface area contributed by atoms with Crippen LogP contribution in [0.4, 0.5) is 4.79 Å². The highest BCUT2D eigenvalue weighted by molar-refractivity contribution is 7.91. The average molecular weight is 375 g/mol. The summed E-state index contributed by atoms with van der Waals surface area (Å²) in [6.07, 6.45) is 3.23. The van der Waals surface area contributed by atoms with Crippen molar-refractivity contribution in [1.82, 2.24) is 10.2 Å². The van der Waals surface area contributed by atoms with E-state index in [0.29, 0.717) is 19.5 Å². The van der Waals surface area contributed by atoms with Crippen molar-refractivity contribution in [2.24, 2.45) is 5.92 Å². The lowest BCUT2D eigenvalue weighted by Gasteiger charge is -2.36. The minimum atomic E-state index is -2.96. The molecule has 0 radical (unpaired) electrons. The van der Waals surface area contributed by atoms with E-state index in [1.54, 1.807) is 4.90 Å². The van der Waals surface area contributed by atoms with Gasteiger partial charge in [-0.15, -0.1) is 0 Å². The smallest absolute Gasteiger partial charge is 0.410 e. The Morgan fingerprint density at radius 1 is 1.20 bits per heavy atom. The van der Waals surface area contributed by atoms with Gasteiger partial charge in [0.25, 0.3) is 0 Å². The van der Waals surface area contributed by atoms with Crippen LogP contribution >= 0.6 is 0 Å². The van der Waals surface area contributed by atoms with Crippen molar-refractivity contribution in [2.45, 2.75) is 64.5 Å². The Kier molecular flexibility index (Phi) is 6.35. The zero-order valence-electron chi connectivity index (χ0n) is 15.4. The molecule has 2 atom stereocenters. The first-order valence-corrected chi connectivity index (χ1v) is 10.8. The zero-order valence-corrected chi connectivity index (χ0v) is 16.2. The van der Waals surface area contributed by atoms with Crippen molar-refractivity contribution in [3.8, 4) is 0 Å². The quantitative estimate of drug-likeness (QED) is 0.809. The third-order valence-electron chi connectivity index (χ3n) is 4.59. The van der Waals surface area contributed by atoms with E-state index in [-0.39, 0.29) is 41.9 Å². The molecule has 7 nitrogen and oxygen atoms in total. The number of piperidine rings is 1. The van der Waals surface area contributed by atoms with E-state index >= 15 is 0 Å². The highest BCUT2D eigenvalue weighted by Crippen LogP contribution is 2.22. The molecule has 2 aliphatic heterocycles. The van der Waals surface area contributed by atoms with E-state index in [4.69, 9.17) is 4.74 Å². The molecule has 8 heteroatoms. The van der Waals surface area contributed by atoms with Gasteiger partial charge < -0.3 is 15.0 Å². The summed E-state index contributed by atoms with van der Waals surface area (Å²) in [5.41, 5.74) is -0.545. The van der Waals surface area contributed by atoms with E-state index in [1.807, 2.05) is 20.8 Å². The molecule has 0 aromatic carbocycles. The molecule has 2 aliphatic rings. The monoisotopic (exact) mass is 374 g/mol. The molecule has 0 aromatic rings. The van der Waals surface area contributed by atoms with Gasteiger partial charge in [0.05, 0.1) is 17.5 Å². The van der Waals surface area contributed by atoms with Crippen LogP contribution in [0, 0.1) is 5.92 Å². The van der Waals surface area contributed by atoms with Gasteiger partial charge in [-0.05, 0) is 52.4 Å². The Balaban J connectivity index is 1.82. The van der Waals surface area contributed by atoms with Gasteiger partial charge in [0.15, 0.2) is 9.84 Å². The first kappa shape index (κ1) is 20.0. The van der Waals surface area contributed by atoms with Crippen molar-refractivity contribution >= 4 is 21.8 Å². The van der Waals surface area contributed by atoms with Crippen molar-refractivity contribution in [3.05, 3.63) is 0 Å². The van der Waals surface area contributed by atoms with E-state index in [2.05, 4.69) is 5.32 Å². The molecule has 2 saturated heterocycles. The van der Waals surface area contributed by atoms with Crippen molar-refractivity contribution in [2.75, 3.05) is 24.6 Å². The van der Waals surface area contributed by atoms with Gasteiger partial charge in [0, 0.05) is 19.5 Å². The minimum absolute atomic E-state index is 0.0696. The second-order valence-corrected chi connectivity index (χ2v) is 10.3. The Morgan fingerprint density at radius 2 is 1.92 bits per heavy atom. The van der Waals surface area contributed by atoms with Crippen LogP contribution in [-0.4, -0.2) is 61.6 Å². The molecule has 2 heterocycles. The molecule has 1 N–H and O–H groups in total. The van der Waals surface area contributed by atoms with Crippen LogP contribution in [0.3, 0.4) is 0 Å². The highest BCUT2D eigenvalue weighted by atomic mass is 32.2. The summed E-state index contributed by atoms with van der Waals surface area (Å²) in [6, 6.07) is -0.0696. The lowest BCUT2D eigenvalue weighted by atomic mass is 10.0. The number of ether oxygens (including phenoxy) is 1. The maximum Gasteiger partial charge on any atom is 0.410 e. The average Bonchev–Trinajstić information content (AvgIpc) is 2.82.